The topological polar surface area (TPSA) is 64.5 Å². The first-order chi connectivity index (χ1) is 8.65. The number of halogens is 1. The molecule has 0 aliphatic carbocycles. The Bertz CT molecular complexity index is 547. The van der Waals surface area contributed by atoms with Gasteiger partial charge in [-0.3, -0.25) is 0 Å². The lowest BCUT2D eigenvalue weighted by Gasteiger charge is -2.12. The predicted molar refractivity (Wildman–Crippen MR) is 68.5 cm³/mol. The number of hydrogen-bond acceptors (Lipinski definition) is 6. The molecule has 0 fully saturated rings. The summed E-state index contributed by atoms with van der Waals surface area (Å²) in [6, 6.07) is 1.68. The summed E-state index contributed by atoms with van der Waals surface area (Å²) in [4.78, 5) is 8.85. The number of rotatable bonds is 4. The van der Waals surface area contributed by atoms with Crippen LogP contribution < -0.4 is 9.47 Å². The van der Waals surface area contributed by atoms with Crippen LogP contribution in [0, 0.1) is 0 Å². The fraction of sp³-hybridized carbons (Fsp3) is 0.273. The highest BCUT2D eigenvalue weighted by atomic mass is 35.5. The first-order valence-corrected chi connectivity index (χ1v) is 6.28. The van der Waals surface area contributed by atoms with Crippen molar-refractivity contribution in [1.29, 1.82) is 0 Å². The number of ether oxygens (including phenoxy) is 2. The number of aliphatic hydroxyl groups excluding tert-OH is 1. The molecule has 1 N–H and O–H groups in total. The van der Waals surface area contributed by atoms with Gasteiger partial charge in [-0.25, -0.2) is 4.98 Å². The monoisotopic (exact) mass is 286 g/mol. The van der Waals surface area contributed by atoms with Crippen molar-refractivity contribution in [3.63, 3.8) is 0 Å². The van der Waals surface area contributed by atoms with Crippen LogP contribution in [0.2, 0.25) is 5.02 Å². The van der Waals surface area contributed by atoms with Crippen molar-refractivity contribution in [2.24, 2.45) is 0 Å². The van der Waals surface area contributed by atoms with Gasteiger partial charge in [-0.2, -0.15) is 4.98 Å². The van der Waals surface area contributed by atoms with Crippen molar-refractivity contribution in [3.8, 4) is 11.8 Å². The standard InChI is InChI=1S/C11H11ClN2O3S/c1-16-8-4-13-9(11(14-8)17-2)10(15)7-3-6(12)5-18-7/h3-5,10,15H,1-2H3. The highest BCUT2D eigenvalue weighted by Gasteiger charge is 2.20. The molecule has 0 saturated heterocycles. The van der Waals surface area contributed by atoms with Crippen LogP contribution in [0.4, 0.5) is 0 Å². The first kappa shape index (κ1) is 13.1. The van der Waals surface area contributed by atoms with Crippen molar-refractivity contribution in [2.45, 2.75) is 6.10 Å². The number of thiophene rings is 1. The molecule has 1 atom stereocenters. The molecule has 0 aliphatic heterocycles. The Morgan fingerprint density at radius 1 is 1.39 bits per heavy atom. The Morgan fingerprint density at radius 2 is 2.17 bits per heavy atom. The average molecular weight is 287 g/mol. The Kier molecular flexibility index (Phi) is 4.00. The van der Waals surface area contributed by atoms with Crippen LogP contribution in [-0.4, -0.2) is 29.3 Å². The van der Waals surface area contributed by atoms with E-state index in [0.29, 0.717) is 21.5 Å². The van der Waals surface area contributed by atoms with Gasteiger partial charge in [0.25, 0.3) is 0 Å². The second kappa shape index (κ2) is 5.51. The van der Waals surface area contributed by atoms with Gasteiger partial charge in [0.2, 0.25) is 11.8 Å². The molecule has 7 heteroatoms. The van der Waals surface area contributed by atoms with E-state index in [0.717, 1.165) is 0 Å². The van der Waals surface area contributed by atoms with Gasteiger partial charge in [-0.15, -0.1) is 11.3 Å². The third kappa shape index (κ3) is 2.55. The van der Waals surface area contributed by atoms with Gasteiger partial charge in [0.1, 0.15) is 11.8 Å². The van der Waals surface area contributed by atoms with E-state index in [4.69, 9.17) is 21.1 Å². The molecular weight excluding hydrogens is 276 g/mol. The zero-order valence-electron chi connectivity index (χ0n) is 9.75. The van der Waals surface area contributed by atoms with Crippen LogP contribution in [0.5, 0.6) is 11.8 Å². The van der Waals surface area contributed by atoms with Crippen LogP contribution in [0.15, 0.2) is 17.6 Å². The summed E-state index contributed by atoms with van der Waals surface area (Å²) in [6.07, 6.45) is 0.506. The van der Waals surface area contributed by atoms with Crippen molar-refractivity contribution < 1.29 is 14.6 Å². The van der Waals surface area contributed by atoms with Gasteiger partial charge in [-0.05, 0) is 6.07 Å². The third-order valence-corrected chi connectivity index (χ3v) is 3.60. The lowest BCUT2D eigenvalue weighted by molar-refractivity contribution is 0.210. The smallest absolute Gasteiger partial charge is 0.241 e. The minimum atomic E-state index is -0.921. The zero-order valence-corrected chi connectivity index (χ0v) is 11.3. The number of aliphatic hydroxyl groups is 1. The second-order valence-electron chi connectivity index (χ2n) is 3.38. The van der Waals surface area contributed by atoms with Crippen LogP contribution in [0.25, 0.3) is 0 Å². The predicted octanol–water partition coefficient (Wildman–Crippen LogP) is 2.29. The number of methoxy groups -OCH3 is 2. The van der Waals surface area contributed by atoms with E-state index in [2.05, 4.69) is 9.97 Å². The van der Waals surface area contributed by atoms with Crippen LogP contribution in [-0.2, 0) is 0 Å². The first-order valence-electron chi connectivity index (χ1n) is 5.02. The molecule has 96 valence electrons. The highest BCUT2D eigenvalue weighted by Crippen LogP contribution is 2.32. The fourth-order valence-electron chi connectivity index (χ4n) is 1.41. The van der Waals surface area contributed by atoms with Crippen molar-refractivity contribution in [1.82, 2.24) is 9.97 Å². The van der Waals surface area contributed by atoms with Crippen molar-refractivity contribution in [2.75, 3.05) is 14.2 Å². The lowest BCUT2D eigenvalue weighted by atomic mass is 10.2. The maximum Gasteiger partial charge on any atom is 0.241 e. The third-order valence-electron chi connectivity index (χ3n) is 2.26. The van der Waals surface area contributed by atoms with E-state index < -0.39 is 6.10 Å². The minimum absolute atomic E-state index is 0.228. The molecule has 0 amide bonds. The Balaban J connectivity index is 2.38. The normalized spacial score (nSPS) is 12.2. The molecule has 1 unspecified atom stereocenters. The van der Waals surface area contributed by atoms with Gasteiger partial charge in [0.05, 0.1) is 25.4 Å². The molecule has 5 nitrogen and oxygen atoms in total. The largest absolute Gasteiger partial charge is 0.480 e. The van der Waals surface area contributed by atoms with E-state index >= 15 is 0 Å². The van der Waals surface area contributed by atoms with Crippen molar-refractivity contribution >= 4 is 22.9 Å². The zero-order chi connectivity index (χ0) is 13.1. The SMILES string of the molecule is COc1cnc(C(O)c2cc(Cl)cs2)c(OC)n1. The van der Waals surface area contributed by atoms with Gasteiger partial charge in [0, 0.05) is 10.3 Å². The van der Waals surface area contributed by atoms with Gasteiger partial charge >= 0.3 is 0 Å². The molecule has 2 rings (SSSR count). The van der Waals surface area contributed by atoms with E-state index in [1.54, 1.807) is 11.4 Å². The van der Waals surface area contributed by atoms with E-state index in [-0.39, 0.29) is 5.88 Å². The maximum absolute atomic E-state index is 10.2. The second-order valence-corrected chi connectivity index (χ2v) is 4.76. The molecule has 2 aromatic rings. The molecule has 0 radical (unpaired) electrons. The Labute approximate surface area is 113 Å². The van der Waals surface area contributed by atoms with Crippen LogP contribution in [0.3, 0.4) is 0 Å². The molecule has 0 bridgehead atoms. The van der Waals surface area contributed by atoms with E-state index in [1.165, 1.54) is 31.8 Å². The molecule has 0 saturated carbocycles. The molecule has 0 aliphatic rings. The summed E-state index contributed by atoms with van der Waals surface area (Å²) < 4.78 is 10.0. The van der Waals surface area contributed by atoms with Gasteiger partial charge in [-0.1, -0.05) is 11.6 Å². The van der Waals surface area contributed by atoms with Crippen molar-refractivity contribution in [3.05, 3.63) is 33.2 Å². The number of aromatic nitrogens is 2. The summed E-state index contributed by atoms with van der Waals surface area (Å²) in [6.45, 7) is 0. The average Bonchev–Trinajstić information content (AvgIpc) is 2.83. The summed E-state index contributed by atoms with van der Waals surface area (Å²) in [5.41, 5.74) is 0.330. The van der Waals surface area contributed by atoms with Crippen LogP contribution >= 0.6 is 22.9 Å². The van der Waals surface area contributed by atoms with Gasteiger partial charge in [0.15, 0.2) is 0 Å². The quantitative estimate of drug-likeness (QED) is 0.934. The highest BCUT2D eigenvalue weighted by molar-refractivity contribution is 7.10. The molecule has 2 aromatic heterocycles. The number of hydrogen-bond donors (Lipinski definition) is 1. The summed E-state index contributed by atoms with van der Waals surface area (Å²) >= 11 is 7.17. The minimum Gasteiger partial charge on any atom is -0.480 e. The Hall–Kier alpha value is -1.37. The van der Waals surface area contributed by atoms with Crippen LogP contribution in [0.1, 0.15) is 16.7 Å². The molecular formula is C11H11ClN2O3S. The molecule has 0 spiro atoms. The summed E-state index contributed by atoms with van der Waals surface area (Å²) in [7, 11) is 2.94. The molecule has 18 heavy (non-hydrogen) atoms. The molecule has 0 aromatic carbocycles. The van der Waals surface area contributed by atoms with E-state index in [9.17, 15) is 5.11 Å². The fourth-order valence-corrected chi connectivity index (χ4v) is 2.48. The number of nitrogens with zero attached hydrogens (tertiary/aromatic N) is 2. The lowest BCUT2D eigenvalue weighted by Crippen LogP contribution is -2.06. The summed E-state index contributed by atoms with van der Waals surface area (Å²) in [5.74, 6) is 0.554. The molecule has 2 heterocycles. The maximum atomic E-state index is 10.2. The van der Waals surface area contributed by atoms with E-state index in [1.807, 2.05) is 0 Å². The summed E-state index contributed by atoms with van der Waals surface area (Å²) in [5, 5.41) is 12.5. The Morgan fingerprint density at radius 3 is 2.72 bits per heavy atom. The van der Waals surface area contributed by atoms with Gasteiger partial charge < -0.3 is 14.6 Å².